The molecule has 1 rings (SSSR count). The van der Waals surface area contributed by atoms with E-state index in [4.69, 9.17) is 15.2 Å². The molecule has 4 N–H and O–H groups in total. The van der Waals surface area contributed by atoms with Crippen molar-refractivity contribution in [1.82, 2.24) is 15.1 Å². The number of nitrogens with one attached hydrogen (secondary N) is 1. The number of aliphatic hydroxyl groups excluding tert-OH is 1. The molecular weight excluding hydrogens is 464 g/mol. The number of carbonyl (C=O) groups excluding carboxylic acids is 3. The Kier molecular flexibility index (Phi) is 13.9. The molecule has 1 aliphatic rings. The number of nitrogens with two attached hydrogens (primary N) is 1. The van der Waals surface area contributed by atoms with Crippen LogP contribution in [0, 0.1) is 11.8 Å². The summed E-state index contributed by atoms with van der Waals surface area (Å²) >= 11 is 0. The quantitative estimate of drug-likeness (QED) is 0.277. The van der Waals surface area contributed by atoms with Gasteiger partial charge < -0.3 is 25.2 Å². The molecule has 1 fully saturated rings. The highest BCUT2D eigenvalue weighted by atomic mass is 16.6. The molecule has 210 valence electrons. The molecule has 0 unspecified atom stereocenters. The zero-order valence-electron chi connectivity index (χ0n) is 23.4. The maximum absolute atomic E-state index is 14.0. The lowest BCUT2D eigenvalue weighted by Gasteiger charge is -2.37. The molecule has 0 aliphatic carbocycles. The highest BCUT2D eigenvalue weighted by molar-refractivity contribution is 5.89. The summed E-state index contributed by atoms with van der Waals surface area (Å²) in [5, 5.41) is 12.8. The number of hydrogen-bond donors (Lipinski definition) is 3. The van der Waals surface area contributed by atoms with Crippen molar-refractivity contribution >= 4 is 17.8 Å². The van der Waals surface area contributed by atoms with Crippen molar-refractivity contribution in [1.29, 1.82) is 0 Å². The van der Waals surface area contributed by atoms with Crippen LogP contribution in [0.1, 0.15) is 67.7 Å². The number of aliphatic hydroxyl groups is 1. The van der Waals surface area contributed by atoms with Gasteiger partial charge >= 0.3 is 5.97 Å². The molecule has 0 aromatic heterocycles. The van der Waals surface area contributed by atoms with E-state index in [0.29, 0.717) is 39.1 Å². The van der Waals surface area contributed by atoms with Gasteiger partial charge in [-0.15, -0.1) is 0 Å². The maximum atomic E-state index is 14.0. The molecule has 0 saturated carbocycles. The molecule has 1 saturated heterocycles. The van der Waals surface area contributed by atoms with Crippen LogP contribution in [0.15, 0.2) is 0 Å². The number of morpholine rings is 1. The van der Waals surface area contributed by atoms with Crippen molar-refractivity contribution in [2.24, 2.45) is 17.6 Å². The lowest BCUT2D eigenvalue weighted by atomic mass is 9.97. The monoisotopic (exact) mass is 514 g/mol. The van der Waals surface area contributed by atoms with Crippen LogP contribution >= 0.6 is 0 Å². The molecule has 0 bridgehead atoms. The Hall–Kier alpha value is -1.75. The molecule has 10 nitrogen and oxygen atoms in total. The molecule has 3 atom stereocenters. The Morgan fingerprint density at radius 1 is 1.06 bits per heavy atom. The third kappa shape index (κ3) is 12.0. The Morgan fingerprint density at radius 2 is 1.64 bits per heavy atom. The minimum Gasteiger partial charge on any atom is -0.459 e. The maximum Gasteiger partial charge on any atom is 0.323 e. The number of primary amides is 1. The van der Waals surface area contributed by atoms with Crippen LogP contribution in [-0.2, 0) is 23.9 Å². The highest BCUT2D eigenvalue weighted by Gasteiger charge is 2.36. The number of nitrogens with zero attached hydrogens (tertiary/aromatic N) is 2. The number of amides is 2. The summed E-state index contributed by atoms with van der Waals surface area (Å²) in [6, 6.07) is -2.36. The van der Waals surface area contributed by atoms with Crippen LogP contribution in [0.3, 0.4) is 0 Å². The van der Waals surface area contributed by atoms with Crippen LogP contribution in [0.25, 0.3) is 0 Å². The average Bonchev–Trinajstić information content (AvgIpc) is 2.76. The second-order valence-corrected chi connectivity index (χ2v) is 11.5. The lowest BCUT2D eigenvalue weighted by Crippen LogP contribution is -2.59. The Bertz CT molecular complexity index is 688. The molecule has 1 heterocycles. The van der Waals surface area contributed by atoms with Gasteiger partial charge in [-0.05, 0) is 51.9 Å². The summed E-state index contributed by atoms with van der Waals surface area (Å²) in [5.41, 5.74) is 5.10. The van der Waals surface area contributed by atoms with E-state index >= 15 is 0 Å². The molecule has 1 aliphatic heterocycles. The molecule has 10 heteroatoms. The van der Waals surface area contributed by atoms with Gasteiger partial charge in [0.05, 0.1) is 19.3 Å². The summed E-state index contributed by atoms with van der Waals surface area (Å²) in [4.78, 5) is 43.2. The molecule has 36 heavy (non-hydrogen) atoms. The van der Waals surface area contributed by atoms with E-state index in [9.17, 15) is 19.5 Å². The van der Waals surface area contributed by atoms with Crippen LogP contribution < -0.4 is 11.1 Å². The molecule has 2 amide bonds. The molecule has 0 aromatic rings. The SMILES string of the molecule is CC(C)C[C@H](N[C@H](CCO)C(=O)OC(C)(C)C)C(=O)N(CCN1CCOCC1)[C@@H](CC(C)C)C(N)=O. The minimum atomic E-state index is -0.861. The summed E-state index contributed by atoms with van der Waals surface area (Å²) < 4.78 is 11.0. The van der Waals surface area contributed by atoms with E-state index < -0.39 is 35.6 Å². The molecule has 0 aromatic carbocycles. The zero-order chi connectivity index (χ0) is 27.5. The van der Waals surface area contributed by atoms with Crippen molar-refractivity contribution in [2.75, 3.05) is 46.0 Å². The van der Waals surface area contributed by atoms with Crippen molar-refractivity contribution < 1.29 is 29.0 Å². The van der Waals surface area contributed by atoms with Crippen molar-refractivity contribution in [2.45, 2.75) is 91.5 Å². The van der Waals surface area contributed by atoms with Crippen molar-refractivity contribution in [3.8, 4) is 0 Å². The largest absolute Gasteiger partial charge is 0.459 e. The van der Waals surface area contributed by atoms with Gasteiger partial charge in [-0.1, -0.05) is 27.7 Å². The number of carbonyl (C=O) groups is 3. The fraction of sp³-hybridized carbons (Fsp3) is 0.885. The third-order valence-corrected chi connectivity index (χ3v) is 5.96. The smallest absolute Gasteiger partial charge is 0.323 e. The predicted octanol–water partition coefficient (Wildman–Crippen LogP) is 1.14. The highest BCUT2D eigenvalue weighted by Crippen LogP contribution is 2.18. The topological polar surface area (TPSA) is 134 Å². The second-order valence-electron chi connectivity index (χ2n) is 11.5. The Morgan fingerprint density at radius 3 is 2.11 bits per heavy atom. The minimum absolute atomic E-state index is 0.107. The summed E-state index contributed by atoms with van der Waals surface area (Å²) in [6.07, 6.45) is 1.01. The van der Waals surface area contributed by atoms with Crippen molar-refractivity contribution in [3.05, 3.63) is 0 Å². The molecule has 0 spiro atoms. The van der Waals surface area contributed by atoms with E-state index in [2.05, 4.69) is 10.2 Å². The van der Waals surface area contributed by atoms with E-state index in [0.717, 1.165) is 13.1 Å². The van der Waals surface area contributed by atoms with Gasteiger partial charge in [0.15, 0.2) is 0 Å². The van der Waals surface area contributed by atoms with Crippen LogP contribution in [0.4, 0.5) is 0 Å². The first-order valence-electron chi connectivity index (χ1n) is 13.2. The third-order valence-electron chi connectivity index (χ3n) is 5.96. The van der Waals surface area contributed by atoms with Gasteiger partial charge in [0, 0.05) is 32.8 Å². The van der Waals surface area contributed by atoms with Gasteiger partial charge in [-0.3, -0.25) is 24.6 Å². The van der Waals surface area contributed by atoms with Gasteiger partial charge in [-0.25, -0.2) is 0 Å². The Balaban J connectivity index is 3.24. The fourth-order valence-corrected chi connectivity index (χ4v) is 4.26. The van der Waals surface area contributed by atoms with Crippen LogP contribution in [-0.4, -0.2) is 102 Å². The average molecular weight is 515 g/mol. The molecular formula is C26H50N4O6. The number of ether oxygens (including phenoxy) is 2. The standard InChI is InChI=1S/C26H50N4O6/c1-18(2)16-21(28-20(8-13-31)25(34)36-26(5,6)7)24(33)30(22(23(27)32)17-19(3)4)10-9-29-11-14-35-15-12-29/h18-22,28,31H,8-17H2,1-7H3,(H2,27,32)/t20-,21+,22+/m1/s1. The number of rotatable bonds is 15. The van der Waals surface area contributed by atoms with E-state index in [1.165, 1.54) is 0 Å². The van der Waals surface area contributed by atoms with Gasteiger partial charge in [-0.2, -0.15) is 0 Å². The second kappa shape index (κ2) is 15.5. The first kappa shape index (κ1) is 32.3. The fourth-order valence-electron chi connectivity index (χ4n) is 4.26. The predicted molar refractivity (Wildman–Crippen MR) is 139 cm³/mol. The summed E-state index contributed by atoms with van der Waals surface area (Å²) in [6.45, 7) is 16.8. The van der Waals surface area contributed by atoms with Gasteiger partial charge in [0.1, 0.15) is 17.7 Å². The van der Waals surface area contributed by atoms with Gasteiger partial charge in [0.2, 0.25) is 11.8 Å². The Labute approximate surface area is 217 Å². The first-order valence-corrected chi connectivity index (χ1v) is 13.2. The van der Waals surface area contributed by atoms with E-state index in [1.807, 2.05) is 27.7 Å². The summed E-state index contributed by atoms with van der Waals surface area (Å²) in [5.74, 6) is -1.04. The normalized spacial score (nSPS) is 17.6. The lowest BCUT2D eigenvalue weighted by molar-refractivity contribution is -0.158. The number of esters is 1. The van der Waals surface area contributed by atoms with Crippen LogP contribution in [0.2, 0.25) is 0 Å². The zero-order valence-corrected chi connectivity index (χ0v) is 23.4. The number of hydrogen-bond acceptors (Lipinski definition) is 8. The molecule has 0 radical (unpaired) electrons. The summed E-state index contributed by atoms with van der Waals surface area (Å²) in [7, 11) is 0. The van der Waals surface area contributed by atoms with Crippen LogP contribution in [0.5, 0.6) is 0 Å². The van der Waals surface area contributed by atoms with Crippen molar-refractivity contribution in [3.63, 3.8) is 0 Å². The van der Waals surface area contributed by atoms with E-state index in [1.54, 1.807) is 25.7 Å². The first-order chi connectivity index (χ1) is 16.7. The van der Waals surface area contributed by atoms with E-state index in [-0.39, 0.29) is 30.8 Å². The van der Waals surface area contributed by atoms with Gasteiger partial charge in [0.25, 0.3) is 0 Å².